The molecule has 10 nitrogen and oxygen atoms in total. The highest BCUT2D eigenvalue weighted by atomic mass is 16.6. The van der Waals surface area contributed by atoms with Crippen molar-refractivity contribution in [3.8, 4) is 0 Å². The fourth-order valence-corrected chi connectivity index (χ4v) is 3.55. The van der Waals surface area contributed by atoms with E-state index in [0.717, 1.165) is 25.0 Å². The SMILES string of the molecule is O=C1OC(=O)c2cc([N+](=O)[O-])c(N3CCCC3)c3cc([N+](=O)[O-])cc1c23. The van der Waals surface area contributed by atoms with Gasteiger partial charge in [-0.1, -0.05) is 0 Å². The third-order valence-electron chi connectivity index (χ3n) is 4.63. The van der Waals surface area contributed by atoms with Crippen LogP contribution < -0.4 is 4.90 Å². The Labute approximate surface area is 145 Å². The summed E-state index contributed by atoms with van der Waals surface area (Å²) < 4.78 is 4.60. The zero-order valence-electron chi connectivity index (χ0n) is 13.3. The van der Waals surface area contributed by atoms with Gasteiger partial charge in [0.1, 0.15) is 5.69 Å². The first-order valence-corrected chi connectivity index (χ1v) is 7.83. The van der Waals surface area contributed by atoms with E-state index in [9.17, 15) is 29.8 Å². The maximum Gasteiger partial charge on any atom is 0.346 e. The van der Waals surface area contributed by atoms with Crippen LogP contribution in [0.15, 0.2) is 18.2 Å². The van der Waals surface area contributed by atoms with Crippen molar-refractivity contribution in [3.05, 3.63) is 49.6 Å². The van der Waals surface area contributed by atoms with Crippen molar-refractivity contribution < 1.29 is 24.2 Å². The lowest BCUT2D eigenvalue weighted by Crippen LogP contribution is -2.23. The highest BCUT2D eigenvalue weighted by Crippen LogP contribution is 2.44. The lowest BCUT2D eigenvalue weighted by Gasteiger charge is -2.23. The van der Waals surface area contributed by atoms with E-state index in [2.05, 4.69) is 4.74 Å². The number of nitro benzene ring substituents is 2. The minimum absolute atomic E-state index is 0.140. The first-order chi connectivity index (χ1) is 12.4. The first kappa shape index (κ1) is 15.9. The van der Waals surface area contributed by atoms with Crippen molar-refractivity contribution in [2.75, 3.05) is 18.0 Å². The summed E-state index contributed by atoms with van der Waals surface area (Å²) in [5.41, 5.74) is -0.824. The predicted molar refractivity (Wildman–Crippen MR) is 88.4 cm³/mol. The molecule has 0 amide bonds. The van der Waals surface area contributed by atoms with E-state index in [1.165, 1.54) is 6.07 Å². The number of non-ortho nitro benzene ring substituents is 1. The lowest BCUT2D eigenvalue weighted by atomic mass is 9.93. The molecule has 0 radical (unpaired) electrons. The molecule has 132 valence electrons. The van der Waals surface area contributed by atoms with Gasteiger partial charge in [-0.05, 0) is 12.8 Å². The first-order valence-electron chi connectivity index (χ1n) is 7.83. The number of nitro groups is 2. The number of esters is 2. The summed E-state index contributed by atoms with van der Waals surface area (Å²) in [6, 6.07) is 3.29. The Morgan fingerprint density at radius 2 is 1.54 bits per heavy atom. The quantitative estimate of drug-likeness (QED) is 0.354. The Bertz CT molecular complexity index is 1000. The minimum Gasteiger partial charge on any atom is -0.386 e. The molecule has 10 heteroatoms. The van der Waals surface area contributed by atoms with Gasteiger partial charge in [0.2, 0.25) is 0 Å². The van der Waals surface area contributed by atoms with Crippen molar-refractivity contribution >= 4 is 39.8 Å². The Hall–Kier alpha value is -3.56. The van der Waals surface area contributed by atoms with Gasteiger partial charge in [-0.3, -0.25) is 20.2 Å². The molecule has 2 aromatic carbocycles. The molecule has 4 rings (SSSR count). The fraction of sp³-hybridized carbons (Fsp3) is 0.250. The van der Waals surface area contributed by atoms with Gasteiger partial charge in [0.15, 0.2) is 0 Å². The third kappa shape index (κ3) is 2.19. The third-order valence-corrected chi connectivity index (χ3v) is 4.63. The summed E-state index contributed by atoms with van der Waals surface area (Å²) in [7, 11) is 0. The van der Waals surface area contributed by atoms with Crippen LogP contribution in [0.2, 0.25) is 0 Å². The number of rotatable bonds is 3. The molecular weight excluding hydrogens is 346 g/mol. The Balaban J connectivity index is 2.19. The molecule has 1 saturated heterocycles. The van der Waals surface area contributed by atoms with Crippen LogP contribution in [0.25, 0.3) is 10.8 Å². The van der Waals surface area contributed by atoms with Crippen LogP contribution in [0.1, 0.15) is 33.6 Å². The number of anilines is 1. The molecular formula is C16H11N3O7. The second-order valence-corrected chi connectivity index (χ2v) is 6.09. The Kier molecular flexibility index (Phi) is 3.36. The summed E-state index contributed by atoms with van der Waals surface area (Å²) in [5, 5.41) is 23.2. The maximum atomic E-state index is 12.1. The zero-order valence-corrected chi connectivity index (χ0v) is 13.3. The highest BCUT2D eigenvalue weighted by Gasteiger charge is 2.36. The standard InChI is InChI=1S/C16H11N3O7/c20-15-10-6-8(18(22)23)5-9-13(10)11(16(21)26-15)7-12(19(24)25)14(9)17-3-1-2-4-17/h5-7H,1-4H2. The monoisotopic (exact) mass is 357 g/mol. The second-order valence-electron chi connectivity index (χ2n) is 6.09. The van der Waals surface area contributed by atoms with E-state index >= 15 is 0 Å². The van der Waals surface area contributed by atoms with Crippen LogP contribution in [0, 0.1) is 20.2 Å². The molecule has 0 unspecified atom stereocenters. The van der Waals surface area contributed by atoms with E-state index < -0.39 is 27.5 Å². The molecule has 0 aromatic heterocycles. The molecule has 0 aliphatic carbocycles. The maximum absolute atomic E-state index is 12.1. The number of hydrogen-bond acceptors (Lipinski definition) is 8. The van der Waals surface area contributed by atoms with Gasteiger partial charge in [0.25, 0.3) is 11.4 Å². The summed E-state index contributed by atoms with van der Waals surface area (Å²) in [6.07, 6.45) is 1.65. The number of carbonyl (C=O) groups excluding carboxylic acids is 2. The summed E-state index contributed by atoms with van der Waals surface area (Å²) in [5.74, 6) is -2.00. The van der Waals surface area contributed by atoms with Gasteiger partial charge in [-0.2, -0.15) is 0 Å². The average molecular weight is 357 g/mol. The molecule has 1 fully saturated rings. The van der Waals surface area contributed by atoms with Gasteiger partial charge < -0.3 is 9.64 Å². The van der Waals surface area contributed by atoms with Gasteiger partial charge >= 0.3 is 11.9 Å². The number of ether oxygens (including phenoxy) is 1. The molecule has 0 bridgehead atoms. The molecule has 2 aliphatic heterocycles. The zero-order chi connectivity index (χ0) is 18.6. The normalized spacial score (nSPS) is 16.1. The number of nitrogens with zero attached hydrogens (tertiary/aromatic N) is 3. The predicted octanol–water partition coefficient (Wildman–Crippen LogP) is 2.57. The van der Waals surface area contributed by atoms with E-state index in [-0.39, 0.29) is 33.3 Å². The van der Waals surface area contributed by atoms with E-state index in [1.54, 1.807) is 4.90 Å². The fourth-order valence-electron chi connectivity index (χ4n) is 3.55. The molecule has 2 aromatic rings. The summed E-state index contributed by atoms with van der Waals surface area (Å²) >= 11 is 0. The van der Waals surface area contributed by atoms with Crippen LogP contribution in [0.5, 0.6) is 0 Å². The lowest BCUT2D eigenvalue weighted by molar-refractivity contribution is -0.384. The largest absolute Gasteiger partial charge is 0.386 e. The van der Waals surface area contributed by atoms with Crippen LogP contribution in [0.3, 0.4) is 0 Å². The van der Waals surface area contributed by atoms with Crippen molar-refractivity contribution in [1.82, 2.24) is 0 Å². The van der Waals surface area contributed by atoms with Crippen LogP contribution in [-0.2, 0) is 4.74 Å². The summed E-state index contributed by atoms with van der Waals surface area (Å²) in [6.45, 7) is 1.09. The second kappa shape index (κ2) is 5.48. The smallest absolute Gasteiger partial charge is 0.346 e. The van der Waals surface area contributed by atoms with Crippen molar-refractivity contribution in [2.24, 2.45) is 0 Å². The van der Waals surface area contributed by atoms with E-state index in [4.69, 9.17) is 0 Å². The van der Waals surface area contributed by atoms with E-state index in [0.29, 0.717) is 13.1 Å². The molecule has 0 spiro atoms. The molecule has 26 heavy (non-hydrogen) atoms. The number of benzene rings is 2. The molecule has 0 N–H and O–H groups in total. The Morgan fingerprint density at radius 1 is 0.923 bits per heavy atom. The van der Waals surface area contributed by atoms with Gasteiger partial charge in [0.05, 0.1) is 21.0 Å². The highest BCUT2D eigenvalue weighted by molar-refractivity contribution is 6.24. The molecule has 2 aliphatic rings. The molecule has 0 saturated carbocycles. The minimum atomic E-state index is -1.00. The van der Waals surface area contributed by atoms with Gasteiger partial charge in [-0.15, -0.1) is 0 Å². The van der Waals surface area contributed by atoms with Gasteiger partial charge in [0, 0.05) is 42.1 Å². The van der Waals surface area contributed by atoms with Gasteiger partial charge in [-0.25, -0.2) is 9.59 Å². The number of hydrogen-bond donors (Lipinski definition) is 0. The number of carbonyl (C=O) groups is 2. The topological polar surface area (TPSA) is 133 Å². The average Bonchev–Trinajstić information content (AvgIpc) is 3.11. The van der Waals surface area contributed by atoms with Crippen LogP contribution in [0.4, 0.5) is 17.1 Å². The van der Waals surface area contributed by atoms with Crippen molar-refractivity contribution in [1.29, 1.82) is 0 Å². The molecule has 0 atom stereocenters. The van der Waals surface area contributed by atoms with Crippen LogP contribution in [-0.4, -0.2) is 34.9 Å². The summed E-state index contributed by atoms with van der Waals surface area (Å²) in [4.78, 5) is 47.5. The van der Waals surface area contributed by atoms with Crippen molar-refractivity contribution in [3.63, 3.8) is 0 Å². The van der Waals surface area contributed by atoms with Crippen LogP contribution >= 0.6 is 0 Å². The number of cyclic esters (lactones) is 2. The van der Waals surface area contributed by atoms with E-state index in [1.807, 2.05) is 0 Å². The molecule has 2 heterocycles. The van der Waals surface area contributed by atoms with Crippen molar-refractivity contribution in [2.45, 2.75) is 12.8 Å². The Morgan fingerprint density at radius 3 is 2.12 bits per heavy atom.